The van der Waals surface area contributed by atoms with Crippen molar-refractivity contribution in [1.29, 1.82) is 0 Å². The van der Waals surface area contributed by atoms with Crippen LogP contribution < -0.4 is 0 Å². The molecule has 1 atom stereocenters. The van der Waals surface area contributed by atoms with Gasteiger partial charge in [-0.25, -0.2) is 0 Å². The van der Waals surface area contributed by atoms with Gasteiger partial charge in [0.05, 0.1) is 0 Å². The molecule has 0 aromatic heterocycles. The van der Waals surface area contributed by atoms with Gasteiger partial charge in [0.1, 0.15) is 0 Å². The second-order valence-electron chi connectivity index (χ2n) is 6.93. The molecule has 2 aromatic rings. The summed E-state index contributed by atoms with van der Waals surface area (Å²) in [7, 11) is 5.88. The first kappa shape index (κ1) is 20.9. The molecule has 0 saturated carbocycles. The number of aliphatic hydroxyl groups excluding tert-OH is 1. The minimum absolute atomic E-state index is 0.226. The van der Waals surface area contributed by atoms with E-state index in [4.69, 9.17) is 8.25 Å². The van der Waals surface area contributed by atoms with E-state index in [0.29, 0.717) is 12.8 Å². The van der Waals surface area contributed by atoms with Crippen LogP contribution in [-0.4, -0.2) is 21.9 Å². The van der Waals surface area contributed by atoms with Crippen LogP contribution in [0.25, 0.3) is 0 Å². The van der Waals surface area contributed by atoms with E-state index in [9.17, 15) is 10.2 Å². The van der Waals surface area contributed by atoms with Crippen molar-refractivity contribution in [2.45, 2.75) is 54.2 Å². The van der Waals surface area contributed by atoms with Gasteiger partial charge in [-0.3, -0.25) is 0 Å². The predicted molar refractivity (Wildman–Crippen MR) is 100 cm³/mol. The normalized spacial score (nSPS) is 12.6. The Morgan fingerprint density at radius 3 is 1.88 bits per heavy atom. The zero-order valence-corrected chi connectivity index (χ0v) is 21.0. The molecule has 0 aliphatic heterocycles. The predicted octanol–water partition coefficient (Wildman–Crippen LogP) is 4.78. The number of hydrogen-bond donors (Lipinski definition) is 2. The van der Waals surface area contributed by atoms with E-state index in [1.165, 1.54) is 0 Å². The fourth-order valence-corrected chi connectivity index (χ4v) is 7.61. The molecule has 2 N–H and O–H groups in total. The summed E-state index contributed by atoms with van der Waals surface area (Å²) < 4.78 is 0.861. The van der Waals surface area contributed by atoms with E-state index in [1.807, 2.05) is 36.4 Å². The van der Waals surface area contributed by atoms with Crippen molar-refractivity contribution in [3.05, 3.63) is 71.8 Å². The molecule has 2 aromatic carbocycles. The molecular formula is C21H27ClHgO2. The van der Waals surface area contributed by atoms with Crippen molar-refractivity contribution < 1.29 is 33.6 Å². The monoisotopic (exact) mass is 548 g/mol. The van der Waals surface area contributed by atoms with Crippen molar-refractivity contribution in [1.82, 2.24) is 0 Å². The first-order valence-corrected chi connectivity index (χ1v) is 19.8. The van der Waals surface area contributed by atoms with Crippen LogP contribution >= 0.6 is 8.25 Å². The average Bonchev–Trinajstić information content (AvgIpc) is 2.61. The van der Waals surface area contributed by atoms with E-state index in [2.05, 4.69) is 24.3 Å². The molecule has 2 rings (SSSR count). The van der Waals surface area contributed by atoms with Crippen LogP contribution in [0.2, 0.25) is 3.93 Å². The van der Waals surface area contributed by atoms with Gasteiger partial charge in [0.15, 0.2) is 0 Å². The molecule has 0 heterocycles. The molecule has 0 spiro atoms. The third kappa shape index (κ3) is 8.21. The molecule has 25 heavy (non-hydrogen) atoms. The molecule has 0 bridgehead atoms. The molecule has 0 radical (unpaired) electrons. The third-order valence-corrected chi connectivity index (χ3v) is 9.98. The van der Waals surface area contributed by atoms with Crippen molar-refractivity contribution >= 4 is 8.25 Å². The number of rotatable bonds is 11. The SMILES string of the molecule is OC(CCCCC(O)(Cc1ccccc1)Cc1ccccc1)[CH2][Hg][Cl]. The van der Waals surface area contributed by atoms with Crippen molar-refractivity contribution in [3.8, 4) is 0 Å². The molecule has 0 aliphatic carbocycles. The van der Waals surface area contributed by atoms with Crippen LogP contribution in [0.1, 0.15) is 36.8 Å². The third-order valence-electron chi connectivity index (χ3n) is 4.62. The average molecular weight is 547 g/mol. The Hall–Kier alpha value is -0.415. The maximum absolute atomic E-state index is 11.3. The summed E-state index contributed by atoms with van der Waals surface area (Å²) >= 11 is -1.26. The quantitative estimate of drug-likeness (QED) is 0.314. The van der Waals surface area contributed by atoms with Gasteiger partial charge >= 0.3 is 168 Å². The van der Waals surface area contributed by atoms with Gasteiger partial charge in [-0.15, -0.1) is 0 Å². The van der Waals surface area contributed by atoms with Crippen molar-refractivity contribution in [2.75, 3.05) is 0 Å². The molecule has 132 valence electrons. The minimum atomic E-state index is -1.26. The van der Waals surface area contributed by atoms with Crippen LogP contribution in [0, 0.1) is 0 Å². The van der Waals surface area contributed by atoms with Crippen molar-refractivity contribution in [2.24, 2.45) is 0 Å². The molecule has 1 unspecified atom stereocenters. The fourth-order valence-electron chi connectivity index (χ4n) is 3.30. The Morgan fingerprint density at radius 1 is 0.880 bits per heavy atom. The van der Waals surface area contributed by atoms with E-state index in [0.717, 1.165) is 40.7 Å². The summed E-state index contributed by atoms with van der Waals surface area (Å²) in [5, 5.41) is 21.2. The van der Waals surface area contributed by atoms with E-state index in [1.54, 1.807) is 0 Å². The van der Waals surface area contributed by atoms with Crippen LogP contribution in [0.15, 0.2) is 60.7 Å². The van der Waals surface area contributed by atoms with Gasteiger partial charge in [-0.2, -0.15) is 0 Å². The van der Waals surface area contributed by atoms with Crippen LogP contribution in [0.5, 0.6) is 0 Å². The summed E-state index contributed by atoms with van der Waals surface area (Å²) in [5.74, 6) is 0. The summed E-state index contributed by atoms with van der Waals surface area (Å²) in [6, 6.07) is 20.4. The van der Waals surface area contributed by atoms with Gasteiger partial charge in [-0.05, 0) is 0 Å². The van der Waals surface area contributed by atoms with Gasteiger partial charge in [0.25, 0.3) is 0 Å². The Kier molecular flexibility index (Phi) is 9.47. The number of aliphatic hydroxyl groups is 2. The summed E-state index contributed by atoms with van der Waals surface area (Å²) in [6.45, 7) is 0. The van der Waals surface area contributed by atoms with Gasteiger partial charge < -0.3 is 0 Å². The Labute approximate surface area is 167 Å². The number of unbranched alkanes of at least 4 members (excludes halogenated alkanes) is 1. The fraction of sp³-hybridized carbons (Fsp3) is 0.429. The Balaban J connectivity index is 1.96. The van der Waals surface area contributed by atoms with Crippen molar-refractivity contribution in [3.63, 3.8) is 0 Å². The van der Waals surface area contributed by atoms with Gasteiger partial charge in [0, 0.05) is 0 Å². The Bertz CT molecular complexity index is 550. The summed E-state index contributed by atoms with van der Waals surface area (Å²) in [4.78, 5) is 0. The van der Waals surface area contributed by atoms with E-state index < -0.39 is 28.9 Å². The van der Waals surface area contributed by atoms with Gasteiger partial charge in [0.2, 0.25) is 0 Å². The van der Waals surface area contributed by atoms with E-state index in [-0.39, 0.29) is 6.10 Å². The topological polar surface area (TPSA) is 40.5 Å². The van der Waals surface area contributed by atoms with Gasteiger partial charge in [-0.1, -0.05) is 0 Å². The van der Waals surface area contributed by atoms with Crippen LogP contribution in [0.3, 0.4) is 0 Å². The zero-order valence-electron chi connectivity index (χ0n) is 14.8. The number of halogens is 1. The molecule has 0 aliphatic rings. The molecule has 2 nitrogen and oxygen atoms in total. The molecular weight excluding hydrogens is 520 g/mol. The summed E-state index contributed by atoms with van der Waals surface area (Å²) in [6.07, 6.45) is 4.50. The number of hydrogen-bond acceptors (Lipinski definition) is 2. The maximum atomic E-state index is 11.3. The zero-order chi connectivity index (χ0) is 18.0. The van der Waals surface area contributed by atoms with Crippen LogP contribution in [-0.2, 0) is 36.2 Å². The van der Waals surface area contributed by atoms with E-state index >= 15 is 0 Å². The first-order chi connectivity index (χ1) is 12.1. The molecule has 0 fully saturated rings. The summed E-state index contributed by atoms with van der Waals surface area (Å²) in [5.41, 5.74) is 1.58. The van der Waals surface area contributed by atoms with Crippen LogP contribution in [0.4, 0.5) is 0 Å². The standard InChI is InChI=1S/C21H27O2.ClH.Hg/c1-18(22)10-8-9-15-21(23,16-19-11-4-2-5-12-19)17-20-13-6-3-7-14-20;;/h2-7,11-14,18,22-23H,1,8-10,15-17H2;1H;/q;;+1/p-1. The molecule has 0 saturated heterocycles. The molecule has 4 heteroatoms. The second-order valence-corrected chi connectivity index (χ2v) is 14.0. The Morgan fingerprint density at radius 2 is 1.40 bits per heavy atom. The first-order valence-electron chi connectivity index (χ1n) is 9.15. The number of benzene rings is 2. The second kappa shape index (κ2) is 11.3. The molecule has 0 amide bonds.